The van der Waals surface area contributed by atoms with E-state index in [2.05, 4.69) is 106 Å². The van der Waals surface area contributed by atoms with E-state index in [-0.39, 0.29) is 7.92 Å². The van der Waals surface area contributed by atoms with E-state index in [1.54, 1.807) is 11.4 Å². The number of fused-ring (bicyclic) bond motifs is 2. The van der Waals surface area contributed by atoms with Gasteiger partial charge in [0, 0.05) is 70.3 Å². The fourth-order valence-electron chi connectivity index (χ4n) is 15.9. The Kier molecular flexibility index (Phi) is 6.90. The molecule has 3 heterocycles. The van der Waals surface area contributed by atoms with Gasteiger partial charge in [-0.1, -0.05) is 81.8 Å². The molecular weight excluding hydrogens is 626 g/mol. The first-order valence-corrected chi connectivity index (χ1v) is 22.7. The second-order valence-electron chi connectivity index (χ2n) is 18.3. The van der Waals surface area contributed by atoms with Gasteiger partial charge in [0.05, 0.1) is 0 Å². The topological polar surface area (TPSA) is 9.72 Å². The lowest BCUT2D eigenvalue weighted by molar-refractivity contribution is -0.0943. The average Bonchev–Trinajstić information content (AvgIpc) is 3.18. The van der Waals surface area contributed by atoms with Gasteiger partial charge in [-0.3, -0.25) is 0 Å². The van der Waals surface area contributed by atoms with Gasteiger partial charge in [0.1, 0.15) is 0 Å². The summed E-state index contributed by atoms with van der Waals surface area (Å²) in [5.74, 6) is 5.72. The van der Waals surface area contributed by atoms with Gasteiger partial charge in [0.25, 0.3) is 0 Å². The Morgan fingerprint density at radius 1 is 0.380 bits per heavy atom. The predicted octanol–water partition coefficient (Wildman–Crippen LogP) is 10.2. The third-order valence-corrected chi connectivity index (χ3v) is 20.9. The molecule has 12 atom stereocenters. The first-order valence-electron chi connectivity index (χ1n) is 21.1. The quantitative estimate of drug-likeness (QED) is 0.255. The zero-order valence-corrected chi connectivity index (χ0v) is 30.7. The van der Waals surface area contributed by atoms with Gasteiger partial charge in [-0.25, -0.2) is 0 Å². The molecule has 260 valence electrons. The van der Waals surface area contributed by atoms with E-state index in [0.29, 0.717) is 24.2 Å². The van der Waals surface area contributed by atoms with Crippen LogP contribution in [0.3, 0.4) is 0 Å². The molecule has 9 aliphatic rings. The van der Waals surface area contributed by atoms with Crippen molar-refractivity contribution in [2.45, 2.75) is 137 Å². The highest BCUT2D eigenvalue weighted by atomic mass is 31.1. The summed E-state index contributed by atoms with van der Waals surface area (Å²) in [5.41, 5.74) is 7.13. The molecule has 3 aliphatic heterocycles. The smallest absolute Gasteiger partial charge is 0.0411 e. The number of anilines is 3. The van der Waals surface area contributed by atoms with Crippen LogP contribution < -0.4 is 14.7 Å². The Balaban J connectivity index is 1.11. The highest BCUT2D eigenvalue weighted by Gasteiger charge is 2.72. The fourth-order valence-corrected chi connectivity index (χ4v) is 21.3. The number of hydrogen-bond donors (Lipinski definition) is 0. The van der Waals surface area contributed by atoms with Crippen molar-refractivity contribution < 1.29 is 0 Å². The van der Waals surface area contributed by atoms with E-state index < -0.39 is 0 Å². The molecule has 6 aliphatic carbocycles. The van der Waals surface area contributed by atoms with Crippen LogP contribution in [0.4, 0.5) is 17.1 Å². The summed E-state index contributed by atoms with van der Waals surface area (Å²) in [7, 11) is -0.126. The van der Waals surface area contributed by atoms with Crippen molar-refractivity contribution in [2.75, 3.05) is 14.7 Å². The van der Waals surface area contributed by atoms with Crippen molar-refractivity contribution >= 4 is 25.0 Å². The lowest BCUT2D eigenvalue weighted by Gasteiger charge is -2.77. The van der Waals surface area contributed by atoms with Crippen LogP contribution in [0.1, 0.15) is 83.5 Å². The zero-order chi connectivity index (χ0) is 32.5. The van der Waals surface area contributed by atoms with E-state index in [0.717, 1.165) is 64.6 Å². The van der Waals surface area contributed by atoms with Crippen molar-refractivity contribution in [3.63, 3.8) is 0 Å². The van der Waals surface area contributed by atoms with Crippen LogP contribution in [0, 0.1) is 35.5 Å². The Morgan fingerprint density at radius 3 is 1.24 bits per heavy atom. The van der Waals surface area contributed by atoms with E-state index in [4.69, 9.17) is 0 Å². The van der Waals surface area contributed by atoms with E-state index in [1.165, 1.54) is 89.2 Å². The maximum Gasteiger partial charge on any atom is 0.0411 e. The molecule has 0 spiro atoms. The minimum Gasteiger partial charge on any atom is -0.364 e. The number of hydrogen-bond acceptors (Lipinski definition) is 3. The molecule has 6 saturated carbocycles. The molecule has 9 fully saturated rings. The van der Waals surface area contributed by atoms with Crippen LogP contribution >= 0.6 is 7.92 Å². The normalized spacial score (nSPS) is 46.4. The van der Waals surface area contributed by atoms with Crippen LogP contribution in [-0.4, -0.2) is 53.2 Å². The molecule has 0 aromatic heterocycles. The van der Waals surface area contributed by atoms with Gasteiger partial charge in [-0.15, -0.1) is 0 Å². The molecular formula is C46H56N3P. The van der Waals surface area contributed by atoms with Gasteiger partial charge in [0.2, 0.25) is 0 Å². The molecule has 0 bridgehead atoms. The maximum absolute atomic E-state index is 3.23. The minimum atomic E-state index is -0.126. The Hall–Kier alpha value is -2.51. The lowest BCUT2D eigenvalue weighted by Crippen LogP contribution is -2.82. The summed E-state index contributed by atoms with van der Waals surface area (Å²) < 4.78 is 0. The molecule has 50 heavy (non-hydrogen) atoms. The summed E-state index contributed by atoms with van der Waals surface area (Å²) in [6.07, 6.45) is 19.0. The van der Waals surface area contributed by atoms with Gasteiger partial charge in [0.15, 0.2) is 0 Å². The summed E-state index contributed by atoms with van der Waals surface area (Å²) >= 11 is 0. The third-order valence-electron chi connectivity index (χ3n) is 16.8. The van der Waals surface area contributed by atoms with Gasteiger partial charge >= 0.3 is 0 Å². The summed E-state index contributed by atoms with van der Waals surface area (Å²) in [6, 6.07) is 40.2. The lowest BCUT2D eigenvalue weighted by atomic mass is 9.46. The van der Waals surface area contributed by atoms with E-state index in [9.17, 15) is 0 Å². The summed E-state index contributed by atoms with van der Waals surface area (Å²) in [5, 5.41) is 0. The van der Waals surface area contributed by atoms with E-state index >= 15 is 0 Å². The second kappa shape index (κ2) is 11.5. The maximum atomic E-state index is 3.23. The molecule has 12 rings (SSSR count). The third kappa shape index (κ3) is 4.03. The SMILES string of the molecule is c1ccc(N2C3CCCC4C3P3C5C2CCCC5N(c2ccccc2)C2C5CCC6CCCC7CCC(C5C76)C(C23)N4c2ccccc2)cc1. The molecule has 0 radical (unpaired) electrons. The van der Waals surface area contributed by atoms with Gasteiger partial charge in [-0.2, -0.15) is 0 Å². The Bertz CT molecular complexity index is 1600. The van der Waals surface area contributed by atoms with Crippen molar-refractivity contribution in [2.24, 2.45) is 35.5 Å². The molecule has 3 aromatic carbocycles. The zero-order valence-electron chi connectivity index (χ0n) is 29.8. The number of rotatable bonds is 3. The predicted molar refractivity (Wildman–Crippen MR) is 209 cm³/mol. The molecule has 0 amide bonds. The largest absolute Gasteiger partial charge is 0.364 e. The highest BCUT2D eigenvalue weighted by molar-refractivity contribution is 7.60. The molecule has 3 saturated heterocycles. The highest BCUT2D eigenvalue weighted by Crippen LogP contribution is 2.76. The Morgan fingerprint density at radius 2 is 0.780 bits per heavy atom. The standard InChI is InChI=1S/C46H56N3P/c1-4-15-31(16-5-1)47-36-21-11-23-38-44(36)50-45-37(47)22-12-24-39(45)49(33-19-8-3-9-20-33)43-35-28-26-30-14-10-13-29-25-27-34(41(35)40(29)30)42(46(43)50)48(38)32-17-6-2-7-18-32/h1-9,15-20,29-30,34-46H,10-14,21-28H2. The monoisotopic (exact) mass is 681 g/mol. The van der Waals surface area contributed by atoms with Crippen molar-refractivity contribution in [3.8, 4) is 0 Å². The Labute approximate surface area is 301 Å². The molecule has 12 unspecified atom stereocenters. The van der Waals surface area contributed by atoms with Crippen molar-refractivity contribution in [1.29, 1.82) is 0 Å². The first-order chi connectivity index (χ1) is 24.9. The molecule has 3 aromatic rings. The second-order valence-corrected chi connectivity index (χ2v) is 21.0. The average molecular weight is 682 g/mol. The minimum absolute atomic E-state index is 0.126. The van der Waals surface area contributed by atoms with Crippen molar-refractivity contribution in [1.82, 2.24) is 0 Å². The molecule has 4 heteroatoms. The summed E-state index contributed by atoms with van der Waals surface area (Å²) in [4.78, 5) is 9.57. The van der Waals surface area contributed by atoms with Crippen LogP contribution in [0.5, 0.6) is 0 Å². The summed E-state index contributed by atoms with van der Waals surface area (Å²) in [6.45, 7) is 0. The fraction of sp³-hybridized carbons (Fsp3) is 0.609. The number of benzene rings is 3. The number of para-hydroxylation sites is 3. The van der Waals surface area contributed by atoms with Crippen LogP contribution in [0.2, 0.25) is 0 Å². The number of nitrogens with zero attached hydrogens (tertiary/aromatic N) is 3. The molecule has 0 N–H and O–H groups in total. The van der Waals surface area contributed by atoms with Crippen molar-refractivity contribution in [3.05, 3.63) is 91.0 Å². The molecule has 3 nitrogen and oxygen atoms in total. The van der Waals surface area contributed by atoms with Crippen LogP contribution in [0.15, 0.2) is 91.0 Å². The van der Waals surface area contributed by atoms with Gasteiger partial charge < -0.3 is 14.7 Å². The first kappa shape index (κ1) is 30.0. The van der Waals surface area contributed by atoms with Gasteiger partial charge in [-0.05, 0) is 136 Å². The van der Waals surface area contributed by atoms with Crippen LogP contribution in [0.25, 0.3) is 0 Å². The van der Waals surface area contributed by atoms with Crippen LogP contribution in [-0.2, 0) is 0 Å². The van der Waals surface area contributed by atoms with E-state index in [1.807, 2.05) is 0 Å².